The van der Waals surface area contributed by atoms with Crippen LogP contribution in [0.25, 0.3) is 66.8 Å². The lowest BCUT2D eigenvalue weighted by Gasteiger charge is -2.31. The standard InChI is InChI=1S/C58H34N2O2/c61-55-45-21-7-14-28-54(45)59(35-29-31-43-41-19-5-12-26-50(41)57(52(43)33-35)46-22-8-1-15-37(46)38-16-2-9-23-47(38)57)56(62)60(55)36-30-32-44-42-20-6-13-27-51(42)58(53(44)34-36)48-24-10-3-17-39(48)40-18-4-11-25-49(40)58/h1-34H. The Bertz CT molecular complexity index is 3650. The molecule has 0 saturated carbocycles. The maximum absolute atomic E-state index is 15.6. The number of hydrogen-bond acceptors (Lipinski definition) is 2. The van der Waals surface area contributed by atoms with Gasteiger partial charge < -0.3 is 0 Å². The van der Waals surface area contributed by atoms with Crippen LogP contribution in [-0.4, -0.2) is 9.13 Å². The summed E-state index contributed by atoms with van der Waals surface area (Å²) in [7, 11) is 0. The summed E-state index contributed by atoms with van der Waals surface area (Å²) in [6.07, 6.45) is 0. The maximum Gasteiger partial charge on any atom is 0.340 e. The molecule has 62 heavy (non-hydrogen) atoms. The molecular formula is C58H34N2O2. The van der Waals surface area contributed by atoms with Gasteiger partial charge in [0.15, 0.2) is 0 Å². The van der Waals surface area contributed by atoms with E-state index in [0.717, 1.165) is 27.8 Å². The number of rotatable bonds is 2. The predicted octanol–water partition coefficient (Wildman–Crippen LogP) is 11.8. The topological polar surface area (TPSA) is 44.0 Å². The minimum Gasteiger partial charge on any atom is -0.268 e. The van der Waals surface area contributed by atoms with E-state index in [1.807, 2.05) is 36.4 Å². The number of nitrogens with zero attached hydrogens (tertiary/aromatic N) is 2. The molecule has 14 rings (SSSR count). The van der Waals surface area contributed by atoms with Gasteiger partial charge in [-0.3, -0.25) is 9.36 Å². The molecule has 0 radical (unpaired) electrons. The summed E-state index contributed by atoms with van der Waals surface area (Å²) < 4.78 is 3.14. The molecule has 4 aliphatic rings. The van der Waals surface area contributed by atoms with Gasteiger partial charge in [0.25, 0.3) is 5.56 Å². The number of fused-ring (bicyclic) bond motifs is 21. The van der Waals surface area contributed by atoms with Crippen LogP contribution in [0.1, 0.15) is 44.5 Å². The van der Waals surface area contributed by atoms with E-state index in [4.69, 9.17) is 0 Å². The monoisotopic (exact) mass is 790 g/mol. The van der Waals surface area contributed by atoms with Crippen molar-refractivity contribution in [1.82, 2.24) is 9.13 Å². The van der Waals surface area contributed by atoms with Crippen LogP contribution in [0.5, 0.6) is 0 Å². The normalized spacial score (nSPS) is 14.5. The average Bonchev–Trinajstić information content (AvgIpc) is 4.00. The molecule has 1 heterocycles. The Kier molecular flexibility index (Phi) is 6.42. The van der Waals surface area contributed by atoms with Gasteiger partial charge in [-0.1, -0.05) is 170 Å². The van der Waals surface area contributed by atoms with E-state index < -0.39 is 16.5 Å². The van der Waals surface area contributed by atoms with Gasteiger partial charge in [-0.15, -0.1) is 0 Å². The van der Waals surface area contributed by atoms with E-state index in [1.165, 1.54) is 65.8 Å². The van der Waals surface area contributed by atoms with Crippen LogP contribution in [0.15, 0.2) is 216 Å². The third kappa shape index (κ3) is 3.85. The van der Waals surface area contributed by atoms with Gasteiger partial charge in [0.1, 0.15) is 0 Å². The average molecular weight is 791 g/mol. The first-order valence-electron chi connectivity index (χ1n) is 21.3. The number of aromatic nitrogens is 2. The molecule has 0 N–H and O–H groups in total. The Morgan fingerprint density at radius 3 is 0.984 bits per heavy atom. The molecule has 0 atom stereocenters. The van der Waals surface area contributed by atoms with E-state index in [9.17, 15) is 4.79 Å². The third-order valence-corrected chi connectivity index (χ3v) is 14.4. The van der Waals surface area contributed by atoms with Crippen LogP contribution in [0.3, 0.4) is 0 Å². The Morgan fingerprint density at radius 2 is 0.597 bits per heavy atom. The molecular weight excluding hydrogens is 757 g/mol. The van der Waals surface area contributed by atoms with Gasteiger partial charge in [0, 0.05) is 0 Å². The van der Waals surface area contributed by atoms with Crippen LogP contribution < -0.4 is 11.2 Å². The molecule has 0 bridgehead atoms. The van der Waals surface area contributed by atoms with Crippen molar-refractivity contribution in [2.45, 2.75) is 10.8 Å². The van der Waals surface area contributed by atoms with E-state index >= 15 is 4.79 Å². The van der Waals surface area contributed by atoms with Crippen molar-refractivity contribution in [2.75, 3.05) is 0 Å². The molecule has 10 aromatic rings. The first-order chi connectivity index (χ1) is 30.6. The first kappa shape index (κ1) is 33.7. The van der Waals surface area contributed by atoms with Gasteiger partial charge >= 0.3 is 5.69 Å². The summed E-state index contributed by atoms with van der Waals surface area (Å²) in [5.41, 5.74) is 18.8. The van der Waals surface area contributed by atoms with Crippen LogP contribution in [0.2, 0.25) is 0 Å². The van der Waals surface area contributed by atoms with Gasteiger partial charge in [-0.05, 0) is 125 Å². The Hall–Kier alpha value is -8.08. The van der Waals surface area contributed by atoms with E-state index in [-0.39, 0.29) is 5.56 Å². The Labute approximate surface area is 356 Å². The molecule has 0 aliphatic heterocycles. The first-order valence-corrected chi connectivity index (χ1v) is 21.3. The fourth-order valence-electron chi connectivity index (χ4n) is 12.2. The second-order valence-electron chi connectivity index (χ2n) is 17.0. The van der Waals surface area contributed by atoms with Crippen LogP contribution in [-0.2, 0) is 10.8 Å². The summed E-state index contributed by atoms with van der Waals surface area (Å²) in [5, 5.41) is 0.470. The van der Waals surface area contributed by atoms with Crippen molar-refractivity contribution >= 4 is 10.9 Å². The molecule has 0 unspecified atom stereocenters. The molecule has 288 valence electrons. The molecule has 2 spiro atoms. The molecule has 4 heteroatoms. The molecule has 0 amide bonds. The highest BCUT2D eigenvalue weighted by Gasteiger charge is 2.53. The molecule has 9 aromatic carbocycles. The van der Waals surface area contributed by atoms with Gasteiger partial charge in [0.05, 0.1) is 33.1 Å². The molecule has 0 fully saturated rings. The van der Waals surface area contributed by atoms with Crippen molar-refractivity contribution < 1.29 is 0 Å². The second-order valence-corrected chi connectivity index (χ2v) is 17.0. The van der Waals surface area contributed by atoms with Crippen molar-refractivity contribution in [3.63, 3.8) is 0 Å². The summed E-state index contributed by atoms with van der Waals surface area (Å²) in [5.74, 6) is 0. The van der Waals surface area contributed by atoms with Crippen molar-refractivity contribution in [1.29, 1.82) is 0 Å². The predicted molar refractivity (Wildman–Crippen MR) is 248 cm³/mol. The number of para-hydroxylation sites is 1. The highest BCUT2D eigenvalue weighted by molar-refractivity contribution is 5.97. The zero-order valence-corrected chi connectivity index (χ0v) is 33.3. The second kappa shape index (κ2) is 11.8. The highest BCUT2D eigenvalue weighted by Crippen LogP contribution is 2.64. The molecule has 0 saturated heterocycles. The summed E-state index contributed by atoms with van der Waals surface area (Å²) >= 11 is 0. The van der Waals surface area contributed by atoms with Crippen molar-refractivity contribution in [3.05, 3.63) is 272 Å². The quantitative estimate of drug-likeness (QED) is 0.175. The minimum absolute atomic E-state index is 0.345. The summed E-state index contributed by atoms with van der Waals surface area (Å²) in [6, 6.07) is 72.3. The molecule has 1 aromatic heterocycles. The zero-order chi connectivity index (χ0) is 40.9. The highest BCUT2D eigenvalue weighted by atomic mass is 16.2. The van der Waals surface area contributed by atoms with Gasteiger partial charge in [-0.25, -0.2) is 9.36 Å². The van der Waals surface area contributed by atoms with Crippen LogP contribution in [0.4, 0.5) is 0 Å². The SMILES string of the molecule is O=c1c2ccccc2n(-c2ccc3c(c2)C2(c4ccccc4-c4ccccc42)c2ccccc2-3)c(=O)n1-c1ccc2c(c1)C1(c3ccccc3-c3ccccc31)c1ccccc1-2. The Morgan fingerprint density at radius 1 is 0.290 bits per heavy atom. The minimum atomic E-state index is -0.619. The van der Waals surface area contributed by atoms with Gasteiger partial charge in [-0.2, -0.15) is 0 Å². The van der Waals surface area contributed by atoms with E-state index in [0.29, 0.717) is 22.3 Å². The molecule has 4 nitrogen and oxygen atoms in total. The number of benzene rings is 9. The third-order valence-electron chi connectivity index (χ3n) is 14.4. The van der Waals surface area contributed by atoms with Gasteiger partial charge in [0.2, 0.25) is 0 Å². The van der Waals surface area contributed by atoms with Crippen molar-refractivity contribution in [3.8, 4) is 55.9 Å². The smallest absolute Gasteiger partial charge is 0.268 e. The molecule has 4 aliphatic carbocycles. The maximum atomic E-state index is 15.6. The number of hydrogen-bond donors (Lipinski definition) is 0. The fourth-order valence-corrected chi connectivity index (χ4v) is 12.2. The van der Waals surface area contributed by atoms with E-state index in [1.54, 1.807) is 4.57 Å². The largest absolute Gasteiger partial charge is 0.340 e. The lowest BCUT2D eigenvalue weighted by atomic mass is 9.70. The summed E-state index contributed by atoms with van der Waals surface area (Å²) in [6.45, 7) is 0. The van der Waals surface area contributed by atoms with Crippen LogP contribution in [0, 0.1) is 0 Å². The lowest BCUT2D eigenvalue weighted by molar-refractivity contribution is 0.782. The van der Waals surface area contributed by atoms with Crippen molar-refractivity contribution in [2.24, 2.45) is 0 Å². The van der Waals surface area contributed by atoms with E-state index in [2.05, 4.69) is 170 Å². The van der Waals surface area contributed by atoms with Crippen LogP contribution >= 0.6 is 0 Å². The summed E-state index contributed by atoms with van der Waals surface area (Å²) in [4.78, 5) is 30.5. The zero-order valence-electron chi connectivity index (χ0n) is 33.3. The fraction of sp³-hybridized carbons (Fsp3) is 0.0345. The Balaban J connectivity index is 1.04. The lowest BCUT2D eigenvalue weighted by Crippen LogP contribution is -2.38.